The van der Waals surface area contributed by atoms with Gasteiger partial charge in [-0.2, -0.15) is 0 Å². The monoisotopic (exact) mass is 490 g/mol. The number of aromatic nitrogens is 2. The number of fused-ring (bicyclic) bond motifs is 1. The smallest absolute Gasteiger partial charge is 0.267 e. The molecule has 0 saturated carbocycles. The summed E-state index contributed by atoms with van der Waals surface area (Å²) in [6.07, 6.45) is 1.50. The summed E-state index contributed by atoms with van der Waals surface area (Å²) < 4.78 is 0. The summed E-state index contributed by atoms with van der Waals surface area (Å²) in [5.41, 5.74) is 3.50. The molecule has 180 valence electrons. The van der Waals surface area contributed by atoms with Crippen LogP contribution in [0.3, 0.4) is 0 Å². The average Bonchev–Trinajstić information content (AvgIpc) is 3.30. The molecule has 2 aromatic heterocycles. The number of aromatic amines is 1. The Hall–Kier alpha value is -3.68. The van der Waals surface area contributed by atoms with Crippen molar-refractivity contribution in [2.24, 2.45) is 0 Å². The van der Waals surface area contributed by atoms with Crippen LogP contribution in [0.4, 0.5) is 0 Å². The number of aliphatic hydroxyl groups is 1. The predicted molar refractivity (Wildman–Crippen MR) is 136 cm³/mol. The maximum Gasteiger partial charge on any atom is 0.267 e. The van der Waals surface area contributed by atoms with Gasteiger partial charge < -0.3 is 20.3 Å². The van der Waals surface area contributed by atoms with Gasteiger partial charge in [0.15, 0.2) is 6.10 Å². The second-order valence-corrected chi connectivity index (χ2v) is 8.79. The lowest BCUT2D eigenvalue weighted by atomic mass is 9.99. The fourth-order valence-electron chi connectivity index (χ4n) is 3.94. The summed E-state index contributed by atoms with van der Waals surface area (Å²) in [7, 11) is 1.67. The van der Waals surface area contributed by atoms with E-state index in [1.54, 1.807) is 43.6 Å². The molecule has 0 aliphatic rings. The van der Waals surface area contributed by atoms with E-state index < -0.39 is 6.10 Å². The number of nitrogens with zero attached hydrogens (tertiary/aromatic N) is 2. The quantitative estimate of drug-likeness (QED) is 0.331. The summed E-state index contributed by atoms with van der Waals surface area (Å²) in [4.78, 5) is 34.3. The van der Waals surface area contributed by atoms with Crippen molar-refractivity contribution in [3.63, 3.8) is 0 Å². The van der Waals surface area contributed by atoms with Crippen molar-refractivity contribution in [3.05, 3.63) is 100 Å². The minimum Gasteiger partial charge on any atom is -0.378 e. The lowest BCUT2D eigenvalue weighted by molar-refractivity contribution is -0.139. The number of aliphatic hydroxyl groups excluding tert-OH is 1. The van der Waals surface area contributed by atoms with Crippen LogP contribution in [0, 0.1) is 0 Å². The van der Waals surface area contributed by atoms with E-state index in [2.05, 4.69) is 15.3 Å². The summed E-state index contributed by atoms with van der Waals surface area (Å²) >= 11 is 6.02. The van der Waals surface area contributed by atoms with Gasteiger partial charge in [0, 0.05) is 54.4 Å². The molecule has 4 rings (SSSR count). The van der Waals surface area contributed by atoms with Crippen molar-refractivity contribution in [2.75, 3.05) is 20.1 Å². The highest BCUT2D eigenvalue weighted by atomic mass is 35.5. The summed E-state index contributed by atoms with van der Waals surface area (Å²) in [5, 5.41) is 15.2. The van der Waals surface area contributed by atoms with Crippen molar-refractivity contribution in [1.29, 1.82) is 0 Å². The van der Waals surface area contributed by atoms with E-state index in [9.17, 15) is 14.7 Å². The van der Waals surface area contributed by atoms with Crippen molar-refractivity contribution in [1.82, 2.24) is 20.2 Å². The Bertz CT molecular complexity index is 1320. The van der Waals surface area contributed by atoms with Crippen LogP contribution in [-0.2, 0) is 17.6 Å². The van der Waals surface area contributed by atoms with Gasteiger partial charge in [-0.3, -0.25) is 14.6 Å². The zero-order chi connectivity index (χ0) is 24.8. The molecule has 7 nitrogen and oxygen atoms in total. The zero-order valence-electron chi connectivity index (χ0n) is 19.4. The molecule has 35 heavy (non-hydrogen) atoms. The highest BCUT2D eigenvalue weighted by Gasteiger charge is 2.23. The molecule has 0 bridgehead atoms. The molecule has 2 heterocycles. The van der Waals surface area contributed by atoms with Crippen LogP contribution in [0.25, 0.3) is 10.9 Å². The fourth-order valence-corrected chi connectivity index (χ4v) is 4.12. The molecule has 8 heteroatoms. The van der Waals surface area contributed by atoms with E-state index in [1.807, 2.05) is 36.4 Å². The molecule has 0 saturated heterocycles. The second-order valence-electron chi connectivity index (χ2n) is 8.35. The first-order chi connectivity index (χ1) is 16.9. The van der Waals surface area contributed by atoms with Gasteiger partial charge in [-0.25, -0.2) is 0 Å². The number of carbonyl (C=O) groups is 2. The van der Waals surface area contributed by atoms with Crippen molar-refractivity contribution in [3.8, 4) is 0 Å². The van der Waals surface area contributed by atoms with Gasteiger partial charge in [0.2, 0.25) is 0 Å². The van der Waals surface area contributed by atoms with Crippen molar-refractivity contribution < 1.29 is 14.7 Å². The van der Waals surface area contributed by atoms with Gasteiger partial charge in [-0.15, -0.1) is 0 Å². The maximum atomic E-state index is 12.9. The number of benzene rings is 2. The summed E-state index contributed by atoms with van der Waals surface area (Å²) in [6, 6.07) is 20.0. The normalized spacial score (nSPS) is 11.9. The Labute approximate surface area is 208 Å². The SMILES string of the molecule is CN(CCc1ccccn1)C(=O)C(O)c1ccccc1CCNC(=O)c1cc2cc(Cl)ccc2[nH]1. The van der Waals surface area contributed by atoms with Crippen LogP contribution >= 0.6 is 11.6 Å². The van der Waals surface area contributed by atoms with Crippen LogP contribution in [0.15, 0.2) is 72.9 Å². The molecule has 0 spiro atoms. The van der Waals surface area contributed by atoms with Crippen molar-refractivity contribution >= 4 is 34.3 Å². The second kappa shape index (κ2) is 11.2. The molecule has 0 aliphatic carbocycles. The molecular formula is C27H27ClN4O3. The molecular weight excluding hydrogens is 464 g/mol. The molecule has 4 aromatic rings. The van der Waals surface area contributed by atoms with E-state index >= 15 is 0 Å². The Morgan fingerprint density at radius 3 is 2.69 bits per heavy atom. The first kappa shape index (κ1) is 24.4. The number of hydrogen-bond acceptors (Lipinski definition) is 4. The number of halogens is 1. The number of likely N-dealkylation sites (N-methyl/N-ethyl adjacent to an activating group) is 1. The van der Waals surface area contributed by atoms with Crippen LogP contribution in [0.5, 0.6) is 0 Å². The third kappa shape index (κ3) is 6.07. The largest absolute Gasteiger partial charge is 0.378 e. The van der Waals surface area contributed by atoms with Crippen molar-refractivity contribution in [2.45, 2.75) is 18.9 Å². The van der Waals surface area contributed by atoms with Gasteiger partial charge in [-0.05, 0) is 53.9 Å². The first-order valence-electron chi connectivity index (χ1n) is 11.4. The number of rotatable bonds is 9. The summed E-state index contributed by atoms with van der Waals surface area (Å²) in [5.74, 6) is -0.616. The lowest BCUT2D eigenvalue weighted by Crippen LogP contribution is -2.34. The number of carbonyl (C=O) groups excluding carboxylic acids is 2. The van der Waals surface area contributed by atoms with Gasteiger partial charge in [0.05, 0.1) is 0 Å². The minimum atomic E-state index is -1.28. The minimum absolute atomic E-state index is 0.235. The third-order valence-electron chi connectivity index (χ3n) is 5.90. The first-order valence-corrected chi connectivity index (χ1v) is 11.8. The third-order valence-corrected chi connectivity index (χ3v) is 6.13. The Kier molecular flexibility index (Phi) is 7.80. The Morgan fingerprint density at radius 2 is 1.89 bits per heavy atom. The Balaban J connectivity index is 1.35. The number of pyridine rings is 1. The van der Waals surface area contributed by atoms with Crippen LogP contribution in [0.1, 0.15) is 33.4 Å². The average molecular weight is 491 g/mol. The Morgan fingerprint density at radius 1 is 1.09 bits per heavy atom. The molecule has 3 N–H and O–H groups in total. The lowest BCUT2D eigenvalue weighted by Gasteiger charge is -2.22. The number of hydrogen-bond donors (Lipinski definition) is 3. The van der Waals surface area contributed by atoms with E-state index in [-0.39, 0.29) is 11.8 Å². The van der Waals surface area contributed by atoms with E-state index in [4.69, 9.17) is 11.6 Å². The topological polar surface area (TPSA) is 98.3 Å². The van der Waals surface area contributed by atoms with Crippen LogP contribution in [-0.4, -0.2) is 51.9 Å². The van der Waals surface area contributed by atoms with Crippen LogP contribution in [0.2, 0.25) is 5.02 Å². The summed E-state index contributed by atoms with van der Waals surface area (Å²) in [6.45, 7) is 0.795. The fraction of sp³-hybridized carbons (Fsp3) is 0.222. The number of nitrogens with one attached hydrogen (secondary N) is 2. The molecule has 0 fully saturated rings. The molecule has 2 aromatic carbocycles. The van der Waals surface area contributed by atoms with Crippen LogP contribution < -0.4 is 5.32 Å². The highest BCUT2D eigenvalue weighted by Crippen LogP contribution is 2.22. The van der Waals surface area contributed by atoms with Gasteiger partial charge in [0.25, 0.3) is 11.8 Å². The predicted octanol–water partition coefficient (Wildman–Crippen LogP) is 3.92. The molecule has 2 amide bonds. The number of H-pyrrole nitrogens is 1. The van der Waals surface area contributed by atoms with E-state index in [1.165, 1.54) is 4.90 Å². The van der Waals surface area contributed by atoms with E-state index in [0.29, 0.717) is 42.2 Å². The molecule has 0 radical (unpaired) electrons. The van der Waals surface area contributed by atoms with E-state index in [0.717, 1.165) is 22.2 Å². The molecule has 1 unspecified atom stereocenters. The molecule has 1 atom stereocenters. The number of amides is 2. The highest BCUT2D eigenvalue weighted by molar-refractivity contribution is 6.31. The standard InChI is InChI=1S/C27H27ClN4O3/c1-32(15-12-21-7-4-5-13-29-21)27(35)25(33)22-8-3-2-6-18(22)11-14-30-26(34)24-17-19-16-20(28)9-10-23(19)31-24/h2-10,13,16-17,25,31,33H,11-12,14-15H2,1H3,(H,30,34). The molecule has 0 aliphatic heterocycles. The zero-order valence-corrected chi connectivity index (χ0v) is 20.1. The van der Waals surface area contributed by atoms with Gasteiger partial charge in [0.1, 0.15) is 5.69 Å². The van der Waals surface area contributed by atoms with Gasteiger partial charge in [-0.1, -0.05) is 41.9 Å². The maximum absolute atomic E-state index is 12.9. The van der Waals surface area contributed by atoms with Gasteiger partial charge >= 0.3 is 0 Å².